The van der Waals surface area contributed by atoms with Crippen molar-refractivity contribution in [3.63, 3.8) is 0 Å². The molecule has 2 unspecified atom stereocenters. The van der Waals surface area contributed by atoms with Gasteiger partial charge in [-0.05, 0) is 55.5 Å². The minimum absolute atomic E-state index is 0.103. The second-order valence-electron chi connectivity index (χ2n) is 7.48. The predicted octanol–water partition coefficient (Wildman–Crippen LogP) is 3.62. The molecule has 0 spiro atoms. The molecule has 4 rings (SSSR count). The molecule has 2 aromatic rings. The van der Waals surface area contributed by atoms with Crippen LogP contribution in [-0.2, 0) is 6.61 Å². The third-order valence-corrected chi connectivity index (χ3v) is 5.67. The fourth-order valence-electron chi connectivity index (χ4n) is 4.15. The first kappa shape index (κ1) is 17.1. The molecule has 2 heterocycles. The highest BCUT2D eigenvalue weighted by molar-refractivity contribution is 5.94. The van der Waals surface area contributed by atoms with Crippen molar-refractivity contribution in [1.29, 1.82) is 0 Å². The summed E-state index contributed by atoms with van der Waals surface area (Å²) < 4.78 is 5.81. The van der Waals surface area contributed by atoms with E-state index in [-0.39, 0.29) is 5.91 Å². The van der Waals surface area contributed by atoms with E-state index in [1.54, 1.807) is 0 Å². The molecule has 26 heavy (non-hydrogen) atoms. The van der Waals surface area contributed by atoms with Gasteiger partial charge in [-0.2, -0.15) is 0 Å². The number of nitrogens with one attached hydrogen (secondary N) is 1. The van der Waals surface area contributed by atoms with E-state index in [1.807, 2.05) is 66.5 Å². The van der Waals surface area contributed by atoms with Crippen molar-refractivity contribution < 1.29 is 9.53 Å². The lowest BCUT2D eigenvalue weighted by Gasteiger charge is -2.35. The molecule has 4 nitrogen and oxygen atoms in total. The van der Waals surface area contributed by atoms with Crippen molar-refractivity contribution in [2.45, 2.75) is 50.4 Å². The topological polar surface area (TPSA) is 41.6 Å². The highest BCUT2D eigenvalue weighted by atomic mass is 16.5. The van der Waals surface area contributed by atoms with Crippen LogP contribution in [-0.4, -0.2) is 36.0 Å². The molecule has 2 aromatic carbocycles. The smallest absolute Gasteiger partial charge is 0.253 e. The van der Waals surface area contributed by atoms with Gasteiger partial charge in [0, 0.05) is 30.7 Å². The number of carbonyl (C=O) groups excluding carboxylic acids is 1. The van der Waals surface area contributed by atoms with Gasteiger partial charge in [0.15, 0.2) is 0 Å². The van der Waals surface area contributed by atoms with Crippen LogP contribution in [0.15, 0.2) is 54.6 Å². The van der Waals surface area contributed by atoms with Gasteiger partial charge in [-0.15, -0.1) is 0 Å². The Bertz CT molecular complexity index is 732. The van der Waals surface area contributed by atoms with Crippen LogP contribution in [0, 0.1) is 0 Å². The highest BCUT2D eigenvalue weighted by Crippen LogP contribution is 2.30. The van der Waals surface area contributed by atoms with Gasteiger partial charge in [0.2, 0.25) is 0 Å². The summed E-state index contributed by atoms with van der Waals surface area (Å²) in [6.45, 7) is 0.534. The van der Waals surface area contributed by atoms with Crippen LogP contribution < -0.4 is 10.1 Å². The van der Waals surface area contributed by atoms with E-state index in [9.17, 15) is 4.79 Å². The van der Waals surface area contributed by atoms with Crippen molar-refractivity contribution in [2.24, 2.45) is 0 Å². The SMILES string of the molecule is CN(C(=O)c1ccc(OCc2ccccc2)cc1)C1CC2CCC(C1)N2. The summed E-state index contributed by atoms with van der Waals surface area (Å²) in [6, 6.07) is 19.1. The number of amides is 1. The number of piperidine rings is 1. The van der Waals surface area contributed by atoms with Gasteiger partial charge in [0.25, 0.3) is 5.91 Å². The Kier molecular flexibility index (Phi) is 4.93. The van der Waals surface area contributed by atoms with Crippen molar-refractivity contribution >= 4 is 5.91 Å². The zero-order valence-electron chi connectivity index (χ0n) is 15.2. The standard InChI is InChI=1S/C22H26N2O2/c1-24(20-13-18-9-10-19(14-20)23-18)22(25)17-7-11-21(12-8-17)26-15-16-5-3-2-4-6-16/h2-8,11-12,18-20,23H,9-10,13-15H2,1H3. The predicted molar refractivity (Wildman–Crippen MR) is 102 cm³/mol. The van der Waals surface area contributed by atoms with Gasteiger partial charge in [-0.3, -0.25) is 4.79 Å². The third-order valence-electron chi connectivity index (χ3n) is 5.67. The quantitative estimate of drug-likeness (QED) is 0.895. The van der Waals surface area contributed by atoms with E-state index in [1.165, 1.54) is 12.8 Å². The summed E-state index contributed by atoms with van der Waals surface area (Å²) in [5.41, 5.74) is 1.86. The van der Waals surface area contributed by atoms with Crippen LogP contribution in [0.25, 0.3) is 0 Å². The molecule has 2 aliphatic rings. The lowest BCUT2D eigenvalue weighted by atomic mass is 9.98. The monoisotopic (exact) mass is 350 g/mol. The maximum absolute atomic E-state index is 12.8. The third kappa shape index (κ3) is 3.75. The molecule has 0 saturated carbocycles. The molecule has 0 aliphatic carbocycles. The van der Waals surface area contributed by atoms with Gasteiger partial charge in [-0.1, -0.05) is 30.3 Å². The zero-order valence-corrected chi connectivity index (χ0v) is 15.2. The number of nitrogens with zero attached hydrogens (tertiary/aromatic N) is 1. The van der Waals surface area contributed by atoms with Crippen LogP contribution in [0.1, 0.15) is 41.6 Å². The van der Waals surface area contributed by atoms with Gasteiger partial charge in [0.05, 0.1) is 0 Å². The first-order valence-electron chi connectivity index (χ1n) is 9.49. The van der Waals surface area contributed by atoms with Gasteiger partial charge >= 0.3 is 0 Å². The van der Waals surface area contributed by atoms with Crippen molar-refractivity contribution in [2.75, 3.05) is 7.05 Å². The Balaban J connectivity index is 1.36. The lowest BCUT2D eigenvalue weighted by Crippen LogP contribution is -2.48. The van der Waals surface area contributed by atoms with Crippen molar-refractivity contribution in [1.82, 2.24) is 10.2 Å². The molecule has 136 valence electrons. The largest absolute Gasteiger partial charge is 0.489 e. The normalized spacial score (nSPS) is 24.3. The van der Waals surface area contributed by atoms with Crippen molar-refractivity contribution in [3.05, 3.63) is 65.7 Å². The van der Waals surface area contributed by atoms with E-state index in [0.29, 0.717) is 24.7 Å². The van der Waals surface area contributed by atoms with E-state index in [4.69, 9.17) is 4.74 Å². The molecule has 1 amide bonds. The number of rotatable bonds is 5. The molecule has 1 N–H and O–H groups in total. The summed E-state index contributed by atoms with van der Waals surface area (Å²) in [7, 11) is 1.94. The molecule has 2 fully saturated rings. The van der Waals surface area contributed by atoms with Gasteiger partial charge in [0.1, 0.15) is 12.4 Å². The Labute approximate surface area is 155 Å². The first-order valence-corrected chi connectivity index (χ1v) is 9.49. The average molecular weight is 350 g/mol. The molecular weight excluding hydrogens is 324 g/mol. The van der Waals surface area contributed by atoms with E-state index < -0.39 is 0 Å². The number of hydrogen-bond acceptors (Lipinski definition) is 3. The molecular formula is C22H26N2O2. The summed E-state index contributed by atoms with van der Waals surface area (Å²) in [5, 5.41) is 3.63. The maximum Gasteiger partial charge on any atom is 0.253 e. The molecule has 2 bridgehead atoms. The highest BCUT2D eigenvalue weighted by Gasteiger charge is 2.36. The molecule has 2 saturated heterocycles. The maximum atomic E-state index is 12.8. The minimum atomic E-state index is 0.103. The minimum Gasteiger partial charge on any atom is -0.489 e. The van der Waals surface area contributed by atoms with Crippen LogP contribution in [0.2, 0.25) is 0 Å². The van der Waals surface area contributed by atoms with Crippen LogP contribution in [0.5, 0.6) is 5.75 Å². The van der Waals surface area contributed by atoms with E-state index in [0.717, 1.165) is 29.7 Å². The fraction of sp³-hybridized carbons (Fsp3) is 0.409. The summed E-state index contributed by atoms with van der Waals surface area (Å²) in [4.78, 5) is 14.8. The summed E-state index contributed by atoms with van der Waals surface area (Å²) >= 11 is 0. The van der Waals surface area contributed by atoms with Crippen LogP contribution in [0.3, 0.4) is 0 Å². The summed E-state index contributed by atoms with van der Waals surface area (Å²) in [6.07, 6.45) is 4.63. The zero-order chi connectivity index (χ0) is 17.9. The molecule has 0 radical (unpaired) electrons. The number of carbonyl (C=O) groups is 1. The average Bonchev–Trinajstić information content (AvgIpc) is 3.04. The van der Waals surface area contributed by atoms with Gasteiger partial charge < -0.3 is 15.0 Å². The second-order valence-corrected chi connectivity index (χ2v) is 7.48. The Morgan fingerprint density at radius 3 is 2.35 bits per heavy atom. The van der Waals surface area contributed by atoms with Crippen LogP contribution >= 0.6 is 0 Å². The molecule has 2 aliphatic heterocycles. The second kappa shape index (κ2) is 7.50. The van der Waals surface area contributed by atoms with Crippen LogP contribution in [0.4, 0.5) is 0 Å². The van der Waals surface area contributed by atoms with Gasteiger partial charge in [-0.25, -0.2) is 0 Å². The van der Waals surface area contributed by atoms with E-state index >= 15 is 0 Å². The Morgan fingerprint density at radius 2 is 1.69 bits per heavy atom. The lowest BCUT2D eigenvalue weighted by molar-refractivity contribution is 0.0681. The first-order chi connectivity index (χ1) is 12.7. The van der Waals surface area contributed by atoms with Crippen molar-refractivity contribution in [3.8, 4) is 5.75 Å². The number of benzene rings is 2. The Morgan fingerprint density at radius 1 is 1.04 bits per heavy atom. The molecule has 2 atom stereocenters. The number of ether oxygens (including phenoxy) is 1. The Hall–Kier alpha value is -2.33. The number of fused-ring (bicyclic) bond motifs is 2. The fourth-order valence-corrected chi connectivity index (χ4v) is 4.15. The molecule has 0 aromatic heterocycles. The summed E-state index contributed by atoms with van der Waals surface area (Å²) in [5.74, 6) is 0.888. The van der Waals surface area contributed by atoms with E-state index in [2.05, 4.69) is 5.32 Å². The molecule has 4 heteroatoms. The number of hydrogen-bond donors (Lipinski definition) is 1.